The summed E-state index contributed by atoms with van der Waals surface area (Å²) in [4.78, 5) is -0.170. The molecule has 2 aromatic carbocycles. The number of hydrogen-bond donors (Lipinski definition) is 2. The van der Waals surface area contributed by atoms with Crippen LogP contribution in [-0.4, -0.2) is 13.0 Å². The van der Waals surface area contributed by atoms with Gasteiger partial charge in [0.05, 0.1) is 4.90 Å². The molecule has 0 saturated heterocycles. The molecule has 100 valence electrons. The van der Waals surface area contributed by atoms with Crippen molar-refractivity contribution in [2.24, 2.45) is 0 Å². The van der Waals surface area contributed by atoms with Crippen LogP contribution in [0.4, 0.5) is 10.1 Å². The zero-order valence-corrected chi connectivity index (χ0v) is 10.7. The Bertz CT molecular complexity index is 669. The van der Waals surface area contributed by atoms with Crippen LogP contribution in [-0.2, 0) is 16.7 Å². The highest BCUT2D eigenvalue weighted by atomic mass is 32.2. The van der Waals surface area contributed by atoms with Crippen LogP contribution in [0.3, 0.4) is 0 Å². The van der Waals surface area contributed by atoms with Gasteiger partial charge in [0.25, 0.3) is 10.1 Å². The first kappa shape index (κ1) is 13.5. The van der Waals surface area contributed by atoms with Gasteiger partial charge in [0, 0.05) is 12.2 Å². The van der Waals surface area contributed by atoms with E-state index in [0.29, 0.717) is 12.2 Å². The SMILES string of the molecule is O=S(=O)(O)c1cccc(NCc2ccc(F)cc2)c1. The van der Waals surface area contributed by atoms with Gasteiger partial charge >= 0.3 is 0 Å². The predicted octanol–water partition coefficient (Wildman–Crippen LogP) is 2.68. The molecule has 0 unspecified atom stereocenters. The minimum atomic E-state index is -4.20. The fourth-order valence-corrected chi connectivity index (χ4v) is 2.10. The molecule has 0 amide bonds. The van der Waals surface area contributed by atoms with Crippen LogP contribution >= 0.6 is 0 Å². The number of anilines is 1. The van der Waals surface area contributed by atoms with Crippen LogP contribution in [0, 0.1) is 5.82 Å². The number of nitrogens with one attached hydrogen (secondary N) is 1. The van der Waals surface area contributed by atoms with Crippen molar-refractivity contribution in [3.63, 3.8) is 0 Å². The molecule has 4 nitrogen and oxygen atoms in total. The van der Waals surface area contributed by atoms with Crippen molar-refractivity contribution in [1.29, 1.82) is 0 Å². The molecule has 0 saturated carbocycles. The van der Waals surface area contributed by atoms with E-state index in [0.717, 1.165) is 5.56 Å². The third kappa shape index (κ3) is 3.77. The van der Waals surface area contributed by atoms with Gasteiger partial charge in [-0.15, -0.1) is 0 Å². The molecular weight excluding hydrogens is 269 g/mol. The van der Waals surface area contributed by atoms with Crippen LogP contribution in [0.1, 0.15) is 5.56 Å². The molecule has 0 aliphatic rings. The molecule has 0 aliphatic heterocycles. The van der Waals surface area contributed by atoms with Crippen LogP contribution < -0.4 is 5.32 Å². The summed E-state index contributed by atoms with van der Waals surface area (Å²) in [5.74, 6) is -0.308. The molecular formula is C13H12FNO3S. The fourth-order valence-electron chi connectivity index (χ4n) is 1.57. The summed E-state index contributed by atoms with van der Waals surface area (Å²) in [6.07, 6.45) is 0. The third-order valence-corrected chi connectivity index (χ3v) is 3.39. The molecule has 2 rings (SSSR count). The average Bonchev–Trinajstić information content (AvgIpc) is 2.37. The summed E-state index contributed by atoms with van der Waals surface area (Å²) in [5.41, 5.74) is 1.41. The van der Waals surface area contributed by atoms with Crippen molar-refractivity contribution in [2.45, 2.75) is 11.4 Å². The molecule has 2 aromatic rings. The third-order valence-electron chi connectivity index (χ3n) is 2.54. The highest BCUT2D eigenvalue weighted by Crippen LogP contribution is 2.16. The summed E-state index contributed by atoms with van der Waals surface area (Å²) in [6, 6.07) is 11.8. The maximum absolute atomic E-state index is 12.7. The molecule has 0 heterocycles. The van der Waals surface area contributed by atoms with Crippen molar-refractivity contribution >= 4 is 15.8 Å². The maximum Gasteiger partial charge on any atom is 0.294 e. The zero-order valence-electron chi connectivity index (χ0n) is 9.88. The molecule has 0 aliphatic carbocycles. The minimum Gasteiger partial charge on any atom is -0.381 e. The minimum absolute atomic E-state index is 0.170. The first-order chi connectivity index (χ1) is 8.95. The molecule has 0 fully saturated rings. The van der Waals surface area contributed by atoms with E-state index >= 15 is 0 Å². The van der Waals surface area contributed by atoms with Gasteiger partial charge < -0.3 is 5.32 Å². The van der Waals surface area contributed by atoms with Crippen molar-refractivity contribution in [1.82, 2.24) is 0 Å². The summed E-state index contributed by atoms with van der Waals surface area (Å²) in [5, 5.41) is 2.99. The summed E-state index contributed by atoms with van der Waals surface area (Å²) in [6.45, 7) is 0.426. The second-order valence-corrected chi connectivity index (χ2v) is 5.40. The van der Waals surface area contributed by atoms with Gasteiger partial charge in [-0.25, -0.2) is 4.39 Å². The fraction of sp³-hybridized carbons (Fsp3) is 0.0769. The van der Waals surface area contributed by atoms with Crippen molar-refractivity contribution in [3.8, 4) is 0 Å². The lowest BCUT2D eigenvalue weighted by Crippen LogP contribution is -2.02. The molecule has 0 atom stereocenters. The topological polar surface area (TPSA) is 66.4 Å². The van der Waals surface area contributed by atoms with Crippen molar-refractivity contribution in [2.75, 3.05) is 5.32 Å². The number of hydrogen-bond acceptors (Lipinski definition) is 3. The lowest BCUT2D eigenvalue weighted by molar-refractivity contribution is 0.483. The Kier molecular flexibility index (Phi) is 3.82. The van der Waals surface area contributed by atoms with E-state index < -0.39 is 10.1 Å². The largest absolute Gasteiger partial charge is 0.381 e. The van der Waals surface area contributed by atoms with E-state index in [1.165, 1.54) is 30.3 Å². The summed E-state index contributed by atoms with van der Waals surface area (Å²) < 4.78 is 43.6. The smallest absolute Gasteiger partial charge is 0.294 e. The number of rotatable bonds is 4. The van der Waals surface area contributed by atoms with E-state index in [4.69, 9.17) is 4.55 Å². The standard InChI is InChI=1S/C13H12FNO3S/c14-11-6-4-10(5-7-11)9-15-12-2-1-3-13(8-12)19(16,17)18/h1-8,15H,9H2,(H,16,17,18). The Labute approximate surface area is 110 Å². The second kappa shape index (κ2) is 5.38. The van der Waals surface area contributed by atoms with E-state index in [1.54, 1.807) is 18.2 Å². The summed E-state index contributed by atoms with van der Waals surface area (Å²) >= 11 is 0. The Morgan fingerprint density at radius 2 is 1.79 bits per heavy atom. The highest BCUT2D eigenvalue weighted by molar-refractivity contribution is 7.85. The normalized spacial score (nSPS) is 11.3. The van der Waals surface area contributed by atoms with E-state index in [1.807, 2.05) is 0 Å². The zero-order chi connectivity index (χ0) is 13.9. The van der Waals surface area contributed by atoms with Crippen LogP contribution in [0.15, 0.2) is 53.4 Å². The second-order valence-electron chi connectivity index (χ2n) is 3.98. The van der Waals surface area contributed by atoms with Gasteiger partial charge in [-0.2, -0.15) is 8.42 Å². The Hall–Kier alpha value is -1.92. The molecule has 2 N–H and O–H groups in total. The Balaban J connectivity index is 2.10. The van der Waals surface area contributed by atoms with E-state index in [-0.39, 0.29) is 10.7 Å². The van der Waals surface area contributed by atoms with Gasteiger partial charge in [-0.3, -0.25) is 4.55 Å². The van der Waals surface area contributed by atoms with Crippen molar-refractivity contribution < 1.29 is 17.4 Å². The van der Waals surface area contributed by atoms with E-state index in [2.05, 4.69) is 5.32 Å². The summed E-state index contributed by atoms with van der Waals surface area (Å²) in [7, 11) is -4.20. The van der Waals surface area contributed by atoms with E-state index in [9.17, 15) is 12.8 Å². The molecule has 0 radical (unpaired) electrons. The Morgan fingerprint density at radius 1 is 1.11 bits per heavy atom. The lowest BCUT2D eigenvalue weighted by Gasteiger charge is -2.07. The monoisotopic (exact) mass is 281 g/mol. The number of benzene rings is 2. The highest BCUT2D eigenvalue weighted by Gasteiger charge is 2.09. The van der Waals surface area contributed by atoms with Crippen molar-refractivity contribution in [3.05, 3.63) is 59.9 Å². The van der Waals surface area contributed by atoms with Crippen LogP contribution in [0.25, 0.3) is 0 Å². The van der Waals surface area contributed by atoms with Gasteiger partial charge in [-0.05, 0) is 35.9 Å². The number of halogens is 1. The first-order valence-corrected chi connectivity index (χ1v) is 6.95. The quantitative estimate of drug-likeness (QED) is 0.846. The molecule has 0 aromatic heterocycles. The average molecular weight is 281 g/mol. The maximum atomic E-state index is 12.7. The van der Waals surface area contributed by atoms with Gasteiger partial charge in [-0.1, -0.05) is 18.2 Å². The van der Waals surface area contributed by atoms with Gasteiger partial charge in [0.1, 0.15) is 5.82 Å². The Morgan fingerprint density at radius 3 is 2.42 bits per heavy atom. The van der Waals surface area contributed by atoms with Gasteiger partial charge in [0.15, 0.2) is 0 Å². The lowest BCUT2D eigenvalue weighted by atomic mass is 10.2. The van der Waals surface area contributed by atoms with Gasteiger partial charge in [0.2, 0.25) is 0 Å². The molecule has 6 heteroatoms. The molecule has 0 spiro atoms. The molecule has 19 heavy (non-hydrogen) atoms. The molecule has 0 bridgehead atoms. The predicted molar refractivity (Wildman–Crippen MR) is 70.0 cm³/mol. The first-order valence-electron chi connectivity index (χ1n) is 5.51. The van der Waals surface area contributed by atoms with Crippen LogP contribution in [0.5, 0.6) is 0 Å². The van der Waals surface area contributed by atoms with Crippen LogP contribution in [0.2, 0.25) is 0 Å².